The fraction of sp³-hybridized carbons (Fsp3) is 0.300. The molecule has 70 valence electrons. The van der Waals surface area contributed by atoms with Gasteiger partial charge in [0, 0.05) is 26.1 Å². The lowest BCUT2D eigenvalue weighted by molar-refractivity contribution is 0.795. The van der Waals surface area contributed by atoms with E-state index in [0.29, 0.717) is 12.8 Å². The van der Waals surface area contributed by atoms with Crippen LogP contribution in [0.15, 0.2) is 18.3 Å². The molecule has 4 nitrogen and oxygen atoms in total. The third kappa shape index (κ3) is 1.33. The van der Waals surface area contributed by atoms with Crippen LogP contribution in [0, 0.1) is 11.3 Å². The molecule has 2 aromatic rings. The average molecular weight is 186 g/mol. The molecule has 14 heavy (non-hydrogen) atoms. The SMILES string of the molecule is Cn1c(CCC#N)nc2cccnc21. The minimum Gasteiger partial charge on any atom is -0.316 e. The van der Waals surface area contributed by atoms with E-state index < -0.39 is 0 Å². The fourth-order valence-electron chi connectivity index (χ4n) is 1.46. The summed E-state index contributed by atoms with van der Waals surface area (Å²) < 4.78 is 1.94. The first-order chi connectivity index (χ1) is 6.83. The van der Waals surface area contributed by atoms with Crippen molar-refractivity contribution in [3.63, 3.8) is 0 Å². The largest absolute Gasteiger partial charge is 0.316 e. The maximum atomic E-state index is 8.49. The first-order valence-corrected chi connectivity index (χ1v) is 4.46. The summed E-state index contributed by atoms with van der Waals surface area (Å²) >= 11 is 0. The Bertz CT molecular complexity index is 492. The second-order valence-corrected chi connectivity index (χ2v) is 3.09. The molecule has 0 amide bonds. The molecule has 0 radical (unpaired) electrons. The van der Waals surface area contributed by atoms with E-state index in [2.05, 4.69) is 16.0 Å². The zero-order valence-corrected chi connectivity index (χ0v) is 7.94. The highest BCUT2D eigenvalue weighted by molar-refractivity contribution is 5.70. The van der Waals surface area contributed by atoms with Gasteiger partial charge in [-0.05, 0) is 12.1 Å². The highest BCUT2D eigenvalue weighted by Gasteiger charge is 2.06. The Hall–Kier alpha value is -1.89. The van der Waals surface area contributed by atoms with Gasteiger partial charge in [0.05, 0.1) is 6.07 Å². The van der Waals surface area contributed by atoms with Crippen LogP contribution in [0.4, 0.5) is 0 Å². The molecule has 0 N–H and O–H groups in total. The smallest absolute Gasteiger partial charge is 0.159 e. The molecule has 2 heterocycles. The zero-order chi connectivity index (χ0) is 9.97. The summed E-state index contributed by atoms with van der Waals surface area (Å²) in [4.78, 5) is 8.63. The zero-order valence-electron chi connectivity index (χ0n) is 7.94. The van der Waals surface area contributed by atoms with Crippen molar-refractivity contribution in [1.29, 1.82) is 5.26 Å². The second kappa shape index (κ2) is 3.46. The van der Waals surface area contributed by atoms with Crippen LogP contribution in [0.3, 0.4) is 0 Å². The molecular weight excluding hydrogens is 176 g/mol. The average Bonchev–Trinajstić information content (AvgIpc) is 2.54. The van der Waals surface area contributed by atoms with Gasteiger partial charge in [0.25, 0.3) is 0 Å². The van der Waals surface area contributed by atoms with Crippen LogP contribution in [-0.4, -0.2) is 14.5 Å². The minimum absolute atomic E-state index is 0.497. The molecule has 0 saturated carbocycles. The van der Waals surface area contributed by atoms with Gasteiger partial charge in [-0.2, -0.15) is 5.26 Å². The van der Waals surface area contributed by atoms with E-state index in [-0.39, 0.29) is 0 Å². The summed E-state index contributed by atoms with van der Waals surface area (Å²) in [5.74, 6) is 0.917. The van der Waals surface area contributed by atoms with Gasteiger partial charge in [-0.1, -0.05) is 0 Å². The van der Waals surface area contributed by atoms with Crippen molar-refractivity contribution in [2.75, 3.05) is 0 Å². The van der Waals surface area contributed by atoms with Crippen LogP contribution in [-0.2, 0) is 13.5 Å². The Morgan fingerprint density at radius 1 is 1.57 bits per heavy atom. The van der Waals surface area contributed by atoms with Crippen LogP contribution in [0.25, 0.3) is 11.2 Å². The highest BCUT2D eigenvalue weighted by Crippen LogP contribution is 2.12. The van der Waals surface area contributed by atoms with E-state index in [4.69, 9.17) is 5.26 Å². The molecule has 0 aliphatic carbocycles. The van der Waals surface area contributed by atoms with E-state index in [1.54, 1.807) is 6.20 Å². The number of imidazole rings is 1. The molecule has 0 unspecified atom stereocenters. The number of fused-ring (bicyclic) bond motifs is 1. The lowest BCUT2D eigenvalue weighted by atomic mass is 10.3. The van der Waals surface area contributed by atoms with E-state index >= 15 is 0 Å². The Labute approximate surface area is 81.8 Å². The molecule has 0 aromatic carbocycles. The summed E-state index contributed by atoms with van der Waals surface area (Å²) in [6.45, 7) is 0. The summed E-state index contributed by atoms with van der Waals surface area (Å²) in [7, 11) is 1.93. The number of nitriles is 1. The molecule has 0 saturated heterocycles. The lowest BCUT2D eigenvalue weighted by Gasteiger charge is -1.97. The molecule has 2 aromatic heterocycles. The molecule has 0 atom stereocenters. The van der Waals surface area contributed by atoms with Crippen LogP contribution in [0.2, 0.25) is 0 Å². The maximum absolute atomic E-state index is 8.49. The molecule has 0 aliphatic rings. The van der Waals surface area contributed by atoms with Crippen LogP contribution in [0.1, 0.15) is 12.2 Å². The molecule has 0 aliphatic heterocycles. The van der Waals surface area contributed by atoms with Crippen molar-refractivity contribution in [3.8, 4) is 6.07 Å². The topological polar surface area (TPSA) is 54.5 Å². The highest BCUT2D eigenvalue weighted by atomic mass is 15.1. The van der Waals surface area contributed by atoms with Crippen molar-refractivity contribution >= 4 is 11.2 Å². The molecular formula is C10H10N4. The third-order valence-electron chi connectivity index (χ3n) is 2.18. The molecule has 0 fully saturated rings. The summed E-state index contributed by atoms with van der Waals surface area (Å²) in [6.07, 6.45) is 2.93. The van der Waals surface area contributed by atoms with Gasteiger partial charge in [0.1, 0.15) is 11.3 Å². The van der Waals surface area contributed by atoms with Gasteiger partial charge >= 0.3 is 0 Å². The van der Waals surface area contributed by atoms with E-state index in [1.165, 1.54) is 0 Å². The predicted octanol–water partition coefficient (Wildman–Crippen LogP) is 1.42. The molecule has 0 spiro atoms. The molecule has 2 rings (SSSR count). The van der Waals surface area contributed by atoms with Crippen molar-refractivity contribution < 1.29 is 0 Å². The third-order valence-corrected chi connectivity index (χ3v) is 2.18. The van der Waals surface area contributed by atoms with Crippen LogP contribution < -0.4 is 0 Å². The Kier molecular flexibility index (Phi) is 2.15. The van der Waals surface area contributed by atoms with E-state index in [0.717, 1.165) is 17.0 Å². The van der Waals surface area contributed by atoms with Gasteiger partial charge in [-0.15, -0.1) is 0 Å². The standard InChI is InChI=1S/C10H10N4/c1-14-9(5-2-6-11)13-8-4-3-7-12-10(8)14/h3-4,7H,2,5H2,1H3. The number of nitrogens with zero attached hydrogens (tertiary/aromatic N) is 4. The Morgan fingerprint density at radius 3 is 3.14 bits per heavy atom. The molecule has 0 bridgehead atoms. The first-order valence-electron chi connectivity index (χ1n) is 4.46. The van der Waals surface area contributed by atoms with E-state index in [9.17, 15) is 0 Å². The normalized spacial score (nSPS) is 10.3. The first kappa shape index (κ1) is 8.70. The number of hydrogen-bond donors (Lipinski definition) is 0. The number of aromatic nitrogens is 3. The van der Waals surface area contributed by atoms with Crippen LogP contribution >= 0.6 is 0 Å². The maximum Gasteiger partial charge on any atom is 0.159 e. The van der Waals surface area contributed by atoms with Gasteiger partial charge < -0.3 is 4.57 Å². The van der Waals surface area contributed by atoms with Crippen molar-refractivity contribution in [2.45, 2.75) is 12.8 Å². The number of rotatable bonds is 2. The quantitative estimate of drug-likeness (QED) is 0.712. The van der Waals surface area contributed by atoms with Crippen LogP contribution in [0.5, 0.6) is 0 Å². The van der Waals surface area contributed by atoms with Gasteiger partial charge in [-0.25, -0.2) is 9.97 Å². The Morgan fingerprint density at radius 2 is 2.43 bits per heavy atom. The van der Waals surface area contributed by atoms with Gasteiger partial charge in [0.15, 0.2) is 5.65 Å². The Balaban J connectivity index is 2.47. The van der Waals surface area contributed by atoms with Crippen molar-refractivity contribution in [3.05, 3.63) is 24.2 Å². The number of aryl methyl sites for hydroxylation is 2. The van der Waals surface area contributed by atoms with Crippen molar-refractivity contribution in [2.24, 2.45) is 7.05 Å². The van der Waals surface area contributed by atoms with Gasteiger partial charge in [-0.3, -0.25) is 0 Å². The predicted molar refractivity (Wildman–Crippen MR) is 52.4 cm³/mol. The molecule has 4 heteroatoms. The summed E-state index contributed by atoms with van der Waals surface area (Å²) in [6, 6.07) is 5.91. The fourth-order valence-corrected chi connectivity index (χ4v) is 1.46. The number of pyridine rings is 1. The van der Waals surface area contributed by atoms with Crippen molar-refractivity contribution in [1.82, 2.24) is 14.5 Å². The van der Waals surface area contributed by atoms with E-state index in [1.807, 2.05) is 23.7 Å². The lowest BCUT2D eigenvalue weighted by Crippen LogP contribution is -1.97. The summed E-state index contributed by atoms with van der Waals surface area (Å²) in [5, 5.41) is 8.49. The van der Waals surface area contributed by atoms with Gasteiger partial charge in [0.2, 0.25) is 0 Å². The minimum atomic E-state index is 0.497. The summed E-state index contributed by atoms with van der Waals surface area (Å²) in [5.41, 5.74) is 1.77. The monoisotopic (exact) mass is 186 g/mol. The number of hydrogen-bond acceptors (Lipinski definition) is 3. The second-order valence-electron chi connectivity index (χ2n) is 3.09.